The smallest absolute Gasteiger partial charge is 0.237 e. The fourth-order valence-electron chi connectivity index (χ4n) is 7.85. The van der Waals surface area contributed by atoms with E-state index in [-0.39, 0.29) is 0 Å². The maximum absolute atomic E-state index is 5.12. The molecule has 6 nitrogen and oxygen atoms in total. The zero-order chi connectivity index (χ0) is 32.2. The number of benzene rings is 6. The SMILES string of the molecule is Cc1nc(-n2c3cc4c5ccccc5n(-c5ccccc5)c4cc3c3cc4c(cc32)c2ccccc2n4-c2ccccc2)nc2ncsc12. The molecule has 5 heterocycles. The maximum Gasteiger partial charge on any atom is 0.237 e. The number of rotatable bonds is 3. The molecule has 0 aliphatic rings. The Labute approximate surface area is 283 Å². The number of aromatic nitrogens is 6. The summed E-state index contributed by atoms with van der Waals surface area (Å²) < 4.78 is 8.04. The molecular weight excluding hydrogens is 621 g/mol. The van der Waals surface area contributed by atoms with E-state index in [1.165, 1.54) is 32.6 Å². The number of hydrogen-bond donors (Lipinski definition) is 0. The van der Waals surface area contributed by atoms with Crippen LogP contribution in [0, 0.1) is 6.92 Å². The molecule has 5 aromatic heterocycles. The molecule has 0 amide bonds. The third-order valence-corrected chi connectivity index (χ3v) is 10.9. The summed E-state index contributed by atoms with van der Waals surface area (Å²) in [6.45, 7) is 2.05. The quantitative estimate of drug-likeness (QED) is 0.192. The van der Waals surface area contributed by atoms with Gasteiger partial charge in [-0.3, -0.25) is 4.57 Å². The highest BCUT2D eigenvalue weighted by atomic mass is 32.1. The van der Waals surface area contributed by atoms with Crippen molar-refractivity contribution in [3.63, 3.8) is 0 Å². The molecule has 0 radical (unpaired) electrons. The fraction of sp³-hybridized carbons (Fsp3) is 0.0238. The first kappa shape index (κ1) is 26.7. The second-order valence-electron chi connectivity index (χ2n) is 12.6. The van der Waals surface area contributed by atoms with Crippen molar-refractivity contribution in [2.45, 2.75) is 6.92 Å². The Balaban J connectivity index is 1.35. The van der Waals surface area contributed by atoms with Crippen LogP contribution >= 0.6 is 11.3 Å². The molecule has 0 aliphatic carbocycles. The van der Waals surface area contributed by atoms with Gasteiger partial charge in [-0.1, -0.05) is 72.8 Å². The van der Waals surface area contributed by atoms with Crippen molar-refractivity contribution >= 4 is 87.1 Å². The zero-order valence-electron chi connectivity index (χ0n) is 26.4. The van der Waals surface area contributed by atoms with Crippen LogP contribution in [0.1, 0.15) is 5.69 Å². The molecule has 0 unspecified atom stereocenters. The third-order valence-electron chi connectivity index (χ3n) is 9.93. The van der Waals surface area contributed by atoms with Gasteiger partial charge in [0, 0.05) is 43.7 Å². The Bertz CT molecular complexity index is 2940. The minimum atomic E-state index is 0.633. The molecule has 230 valence electrons. The van der Waals surface area contributed by atoms with E-state index in [4.69, 9.17) is 9.97 Å². The predicted molar refractivity (Wildman–Crippen MR) is 203 cm³/mol. The average Bonchev–Trinajstić information content (AvgIpc) is 3.90. The Kier molecular flexibility index (Phi) is 5.38. The van der Waals surface area contributed by atoms with Crippen LogP contribution in [0.4, 0.5) is 0 Å². The summed E-state index contributed by atoms with van der Waals surface area (Å²) in [6.07, 6.45) is 0. The molecule has 6 aromatic carbocycles. The van der Waals surface area contributed by atoms with Gasteiger partial charge in [0.25, 0.3) is 0 Å². The summed E-state index contributed by atoms with van der Waals surface area (Å²) in [7, 11) is 0. The van der Waals surface area contributed by atoms with Crippen LogP contribution in [0.15, 0.2) is 139 Å². The largest absolute Gasteiger partial charge is 0.309 e. The van der Waals surface area contributed by atoms with E-state index in [2.05, 4.69) is 159 Å². The normalized spacial score (nSPS) is 12.2. The lowest BCUT2D eigenvalue weighted by molar-refractivity contribution is 0.986. The number of fused-ring (bicyclic) bond motifs is 10. The van der Waals surface area contributed by atoms with Crippen molar-refractivity contribution < 1.29 is 0 Å². The lowest BCUT2D eigenvalue weighted by Gasteiger charge is -2.09. The summed E-state index contributed by atoms with van der Waals surface area (Å²) in [6, 6.07) is 48.1. The maximum atomic E-state index is 5.12. The lowest BCUT2D eigenvalue weighted by atomic mass is 10.1. The van der Waals surface area contributed by atoms with E-state index in [1.807, 2.05) is 5.51 Å². The summed E-state index contributed by atoms with van der Waals surface area (Å²) in [5, 5.41) is 7.08. The molecule has 0 N–H and O–H groups in total. The Morgan fingerprint density at radius 1 is 0.449 bits per heavy atom. The van der Waals surface area contributed by atoms with Gasteiger partial charge in [-0.05, 0) is 67.6 Å². The van der Waals surface area contributed by atoms with E-state index < -0.39 is 0 Å². The van der Waals surface area contributed by atoms with Crippen LogP contribution in [0.25, 0.3) is 93.1 Å². The lowest BCUT2D eigenvalue weighted by Crippen LogP contribution is -2.03. The van der Waals surface area contributed by atoms with Crippen LogP contribution in [0.3, 0.4) is 0 Å². The van der Waals surface area contributed by atoms with Crippen LogP contribution in [0.2, 0.25) is 0 Å². The van der Waals surface area contributed by atoms with E-state index >= 15 is 0 Å². The number of hydrogen-bond acceptors (Lipinski definition) is 4. The summed E-state index contributed by atoms with van der Waals surface area (Å²) in [5.41, 5.74) is 12.6. The topological polar surface area (TPSA) is 53.5 Å². The van der Waals surface area contributed by atoms with Gasteiger partial charge in [0.05, 0.1) is 49.0 Å². The van der Waals surface area contributed by atoms with Gasteiger partial charge in [0.2, 0.25) is 5.95 Å². The molecule has 0 saturated heterocycles. The number of thiazole rings is 1. The molecule has 7 heteroatoms. The fourth-order valence-corrected chi connectivity index (χ4v) is 8.53. The zero-order valence-corrected chi connectivity index (χ0v) is 27.2. The molecule has 0 aliphatic heterocycles. The van der Waals surface area contributed by atoms with Gasteiger partial charge in [0.15, 0.2) is 5.65 Å². The average molecular weight is 647 g/mol. The molecule has 11 aromatic rings. The van der Waals surface area contributed by atoms with Gasteiger partial charge in [-0.15, -0.1) is 11.3 Å². The number of para-hydroxylation sites is 4. The minimum absolute atomic E-state index is 0.633. The second-order valence-corrected chi connectivity index (χ2v) is 13.5. The predicted octanol–water partition coefficient (Wildman–Crippen LogP) is 10.7. The highest BCUT2D eigenvalue weighted by Crippen LogP contribution is 2.42. The standard InChI is InChI=1S/C42H26N6S/c1-25-40-41(43-24-49-40)45-42(44-25)48-38-20-30-28-16-8-10-18-34(28)46(26-12-4-2-5-13-26)36(30)22-32(38)33-23-37-31(21-39(33)48)29-17-9-11-19-35(29)47(37)27-14-6-3-7-15-27/h2-24H,1H3. The van der Waals surface area contributed by atoms with E-state index in [1.54, 1.807) is 11.3 Å². The summed E-state index contributed by atoms with van der Waals surface area (Å²) in [4.78, 5) is 14.8. The Hall–Kier alpha value is -6.31. The first-order valence-corrected chi connectivity index (χ1v) is 17.2. The number of nitrogens with zero attached hydrogens (tertiary/aromatic N) is 6. The molecular formula is C42H26N6S. The Morgan fingerprint density at radius 2 is 0.898 bits per heavy atom. The van der Waals surface area contributed by atoms with Crippen molar-refractivity contribution in [1.82, 2.24) is 28.7 Å². The molecule has 0 bridgehead atoms. The van der Waals surface area contributed by atoms with Gasteiger partial charge < -0.3 is 9.13 Å². The highest BCUT2D eigenvalue weighted by molar-refractivity contribution is 7.16. The van der Waals surface area contributed by atoms with E-state index in [0.717, 1.165) is 60.3 Å². The molecule has 0 spiro atoms. The van der Waals surface area contributed by atoms with E-state index in [0.29, 0.717) is 5.95 Å². The van der Waals surface area contributed by atoms with Crippen molar-refractivity contribution in [3.05, 3.63) is 145 Å². The first-order chi connectivity index (χ1) is 24.2. The van der Waals surface area contributed by atoms with Crippen LogP contribution in [-0.4, -0.2) is 28.7 Å². The molecule has 0 saturated carbocycles. The molecule has 0 atom stereocenters. The van der Waals surface area contributed by atoms with Crippen molar-refractivity contribution in [2.24, 2.45) is 0 Å². The van der Waals surface area contributed by atoms with Gasteiger partial charge in [-0.2, -0.15) is 4.98 Å². The number of aryl methyl sites for hydroxylation is 1. The van der Waals surface area contributed by atoms with Crippen LogP contribution in [-0.2, 0) is 0 Å². The molecule has 49 heavy (non-hydrogen) atoms. The van der Waals surface area contributed by atoms with Crippen LogP contribution < -0.4 is 0 Å². The van der Waals surface area contributed by atoms with Crippen molar-refractivity contribution in [1.29, 1.82) is 0 Å². The van der Waals surface area contributed by atoms with E-state index in [9.17, 15) is 0 Å². The molecule has 0 fully saturated rings. The van der Waals surface area contributed by atoms with Crippen molar-refractivity contribution in [2.75, 3.05) is 0 Å². The monoisotopic (exact) mass is 646 g/mol. The van der Waals surface area contributed by atoms with Gasteiger partial charge in [0.1, 0.15) is 0 Å². The highest BCUT2D eigenvalue weighted by Gasteiger charge is 2.23. The second kappa shape index (κ2) is 9.86. The Morgan fingerprint density at radius 3 is 1.43 bits per heavy atom. The van der Waals surface area contributed by atoms with Gasteiger partial charge in [-0.25, -0.2) is 9.97 Å². The van der Waals surface area contributed by atoms with Crippen molar-refractivity contribution in [3.8, 4) is 17.3 Å². The third kappa shape index (κ3) is 3.67. The van der Waals surface area contributed by atoms with Crippen LogP contribution in [0.5, 0.6) is 0 Å². The summed E-state index contributed by atoms with van der Waals surface area (Å²) in [5.74, 6) is 0.633. The minimum Gasteiger partial charge on any atom is -0.309 e. The molecule has 11 rings (SSSR count). The van der Waals surface area contributed by atoms with Gasteiger partial charge >= 0.3 is 0 Å². The summed E-state index contributed by atoms with van der Waals surface area (Å²) >= 11 is 1.58. The first-order valence-electron chi connectivity index (χ1n) is 16.4.